The molecular weight excluding hydrogens is 234 g/mol. The Balaban J connectivity index is 2.16. The van der Waals surface area contributed by atoms with E-state index in [0.29, 0.717) is 10.9 Å². The van der Waals surface area contributed by atoms with Gasteiger partial charge in [-0.25, -0.2) is 9.97 Å². The Hall–Kier alpha value is -2.06. The Morgan fingerprint density at radius 1 is 1.24 bits per heavy atom. The lowest BCUT2D eigenvalue weighted by Crippen LogP contribution is -1.89. The van der Waals surface area contributed by atoms with E-state index in [1.54, 1.807) is 19.4 Å². The molecule has 2 aromatic rings. The highest BCUT2D eigenvalue weighted by atomic mass is 32.2. The lowest BCUT2D eigenvalue weighted by molar-refractivity contribution is 0.414. The van der Waals surface area contributed by atoms with Crippen LogP contribution in [0.25, 0.3) is 0 Å². The van der Waals surface area contributed by atoms with Crippen molar-refractivity contribution < 1.29 is 4.74 Å². The van der Waals surface area contributed by atoms with E-state index < -0.39 is 0 Å². The molecule has 1 aromatic carbocycles. The van der Waals surface area contributed by atoms with Crippen LogP contribution < -0.4 is 4.74 Å². The summed E-state index contributed by atoms with van der Waals surface area (Å²) in [6, 6.07) is 11.2. The molecule has 0 saturated heterocycles. The SMILES string of the molecule is COc1ccc(Sc2nccc(C#N)n2)cc1. The molecule has 0 saturated carbocycles. The lowest BCUT2D eigenvalue weighted by atomic mass is 10.3. The van der Waals surface area contributed by atoms with Crippen molar-refractivity contribution in [1.29, 1.82) is 5.26 Å². The fourth-order valence-electron chi connectivity index (χ4n) is 1.20. The third-order valence-electron chi connectivity index (χ3n) is 2.02. The van der Waals surface area contributed by atoms with Gasteiger partial charge in [-0.2, -0.15) is 5.26 Å². The average molecular weight is 243 g/mol. The van der Waals surface area contributed by atoms with E-state index in [0.717, 1.165) is 10.6 Å². The average Bonchev–Trinajstić information content (AvgIpc) is 2.40. The topological polar surface area (TPSA) is 58.8 Å². The summed E-state index contributed by atoms with van der Waals surface area (Å²) < 4.78 is 5.07. The maximum atomic E-state index is 8.73. The normalized spacial score (nSPS) is 9.65. The van der Waals surface area contributed by atoms with Crippen molar-refractivity contribution in [3.63, 3.8) is 0 Å². The van der Waals surface area contributed by atoms with Gasteiger partial charge in [-0.3, -0.25) is 0 Å². The van der Waals surface area contributed by atoms with E-state index in [4.69, 9.17) is 10.00 Å². The zero-order valence-electron chi connectivity index (χ0n) is 9.12. The zero-order valence-corrected chi connectivity index (χ0v) is 9.94. The quantitative estimate of drug-likeness (QED) is 0.775. The zero-order chi connectivity index (χ0) is 12.1. The van der Waals surface area contributed by atoms with Crippen LogP contribution in [0.5, 0.6) is 5.75 Å². The second-order valence-electron chi connectivity index (χ2n) is 3.11. The summed E-state index contributed by atoms with van der Waals surface area (Å²) in [5, 5.41) is 9.29. The van der Waals surface area contributed by atoms with Crippen molar-refractivity contribution in [2.75, 3.05) is 7.11 Å². The number of nitriles is 1. The van der Waals surface area contributed by atoms with Crippen LogP contribution in [0.2, 0.25) is 0 Å². The van der Waals surface area contributed by atoms with Gasteiger partial charge in [0.15, 0.2) is 5.16 Å². The van der Waals surface area contributed by atoms with Gasteiger partial charge >= 0.3 is 0 Å². The van der Waals surface area contributed by atoms with Crippen LogP contribution in [-0.4, -0.2) is 17.1 Å². The smallest absolute Gasteiger partial charge is 0.193 e. The standard InChI is InChI=1S/C12H9N3OS/c1-16-10-2-4-11(5-3-10)17-12-14-7-6-9(8-13)15-12/h2-7H,1H3. The van der Waals surface area contributed by atoms with Crippen molar-refractivity contribution in [3.8, 4) is 11.8 Å². The number of nitrogens with zero attached hydrogens (tertiary/aromatic N) is 3. The maximum Gasteiger partial charge on any atom is 0.193 e. The molecule has 0 unspecified atom stereocenters. The summed E-state index contributed by atoms with van der Waals surface area (Å²) in [5.41, 5.74) is 0.371. The molecule has 0 aliphatic carbocycles. The molecule has 0 aliphatic rings. The number of hydrogen-bond donors (Lipinski definition) is 0. The molecule has 84 valence electrons. The van der Waals surface area contributed by atoms with Gasteiger partial charge in [0.1, 0.15) is 17.5 Å². The first-order valence-electron chi connectivity index (χ1n) is 4.87. The highest BCUT2D eigenvalue weighted by Crippen LogP contribution is 2.26. The molecule has 0 fully saturated rings. The maximum absolute atomic E-state index is 8.73. The Bertz CT molecular complexity index is 548. The van der Waals surface area contributed by atoms with Gasteiger partial charge in [0.2, 0.25) is 0 Å². The molecule has 0 spiro atoms. The second kappa shape index (κ2) is 5.32. The van der Waals surface area contributed by atoms with Crippen molar-refractivity contribution in [2.24, 2.45) is 0 Å². The number of hydrogen-bond acceptors (Lipinski definition) is 5. The van der Waals surface area contributed by atoms with Crippen LogP contribution >= 0.6 is 11.8 Å². The third-order valence-corrected chi connectivity index (χ3v) is 2.90. The molecule has 0 amide bonds. The monoisotopic (exact) mass is 243 g/mol. The Kier molecular flexibility index (Phi) is 3.58. The Morgan fingerprint density at radius 3 is 2.65 bits per heavy atom. The fourth-order valence-corrected chi connectivity index (χ4v) is 1.94. The summed E-state index contributed by atoms with van der Waals surface area (Å²) in [7, 11) is 1.63. The van der Waals surface area contributed by atoms with Gasteiger partial charge < -0.3 is 4.74 Å². The van der Waals surface area contributed by atoms with Crippen LogP contribution in [0.3, 0.4) is 0 Å². The molecule has 0 bridgehead atoms. The van der Waals surface area contributed by atoms with Crippen molar-refractivity contribution >= 4 is 11.8 Å². The number of aromatic nitrogens is 2. The summed E-state index contributed by atoms with van der Waals surface area (Å²) in [6.45, 7) is 0. The van der Waals surface area contributed by atoms with Crippen LogP contribution in [-0.2, 0) is 0 Å². The number of ether oxygens (including phenoxy) is 1. The molecule has 0 N–H and O–H groups in total. The first kappa shape index (κ1) is 11.4. The number of benzene rings is 1. The van der Waals surface area contributed by atoms with E-state index in [9.17, 15) is 0 Å². The van der Waals surface area contributed by atoms with Crippen molar-refractivity contribution in [2.45, 2.75) is 10.1 Å². The van der Waals surface area contributed by atoms with Gasteiger partial charge in [0, 0.05) is 11.1 Å². The first-order chi connectivity index (χ1) is 8.31. The van der Waals surface area contributed by atoms with Gasteiger partial charge in [0.25, 0.3) is 0 Å². The molecule has 0 atom stereocenters. The van der Waals surface area contributed by atoms with Gasteiger partial charge in [-0.1, -0.05) is 0 Å². The van der Waals surface area contributed by atoms with Crippen LogP contribution in [0, 0.1) is 11.3 Å². The first-order valence-corrected chi connectivity index (χ1v) is 5.68. The third kappa shape index (κ3) is 2.95. The minimum absolute atomic E-state index is 0.371. The summed E-state index contributed by atoms with van der Waals surface area (Å²) in [5.74, 6) is 0.807. The van der Waals surface area contributed by atoms with E-state index in [1.165, 1.54) is 11.8 Å². The summed E-state index contributed by atoms with van der Waals surface area (Å²) >= 11 is 1.41. The van der Waals surface area contributed by atoms with E-state index in [1.807, 2.05) is 30.3 Å². The van der Waals surface area contributed by atoms with E-state index >= 15 is 0 Å². The van der Waals surface area contributed by atoms with Crippen LogP contribution in [0.15, 0.2) is 46.6 Å². The molecule has 1 aromatic heterocycles. The highest BCUT2D eigenvalue weighted by Gasteiger charge is 2.02. The second-order valence-corrected chi connectivity index (χ2v) is 4.15. The predicted molar refractivity (Wildman–Crippen MR) is 63.9 cm³/mol. The highest BCUT2D eigenvalue weighted by molar-refractivity contribution is 7.99. The molecule has 17 heavy (non-hydrogen) atoms. The van der Waals surface area contributed by atoms with Crippen LogP contribution in [0.4, 0.5) is 0 Å². The molecule has 5 heteroatoms. The minimum atomic E-state index is 0.371. The molecular formula is C12H9N3OS. The van der Waals surface area contributed by atoms with E-state index in [2.05, 4.69) is 9.97 Å². The summed E-state index contributed by atoms with van der Waals surface area (Å²) in [6.07, 6.45) is 1.58. The molecule has 2 rings (SSSR count). The molecule has 0 radical (unpaired) electrons. The van der Waals surface area contributed by atoms with Crippen LogP contribution in [0.1, 0.15) is 5.69 Å². The molecule has 0 aliphatic heterocycles. The largest absolute Gasteiger partial charge is 0.497 e. The van der Waals surface area contributed by atoms with Crippen molar-refractivity contribution in [3.05, 3.63) is 42.2 Å². The molecule has 4 nitrogen and oxygen atoms in total. The predicted octanol–water partition coefficient (Wildman–Crippen LogP) is 2.51. The minimum Gasteiger partial charge on any atom is -0.497 e. The fraction of sp³-hybridized carbons (Fsp3) is 0.0833. The van der Waals surface area contributed by atoms with Gasteiger partial charge in [0.05, 0.1) is 7.11 Å². The number of rotatable bonds is 3. The Labute approximate surface area is 103 Å². The number of methoxy groups -OCH3 is 1. The lowest BCUT2D eigenvalue weighted by Gasteiger charge is -2.02. The summed E-state index contributed by atoms with van der Waals surface area (Å²) in [4.78, 5) is 9.18. The van der Waals surface area contributed by atoms with Gasteiger partial charge in [-0.15, -0.1) is 0 Å². The van der Waals surface area contributed by atoms with Gasteiger partial charge in [-0.05, 0) is 42.1 Å². The van der Waals surface area contributed by atoms with Crippen molar-refractivity contribution in [1.82, 2.24) is 9.97 Å². The van der Waals surface area contributed by atoms with E-state index in [-0.39, 0.29) is 0 Å². The Morgan fingerprint density at radius 2 is 2.00 bits per heavy atom. The molecule has 1 heterocycles.